The Morgan fingerprint density at radius 1 is 1.44 bits per heavy atom. The zero-order valence-electron chi connectivity index (χ0n) is 8.99. The van der Waals surface area contributed by atoms with Crippen molar-refractivity contribution in [2.45, 2.75) is 20.3 Å². The Bertz CT molecular complexity index is 428. The van der Waals surface area contributed by atoms with Gasteiger partial charge in [-0.1, -0.05) is 18.5 Å². The first-order valence-electron chi connectivity index (χ1n) is 4.77. The van der Waals surface area contributed by atoms with Gasteiger partial charge in [0.15, 0.2) is 0 Å². The van der Waals surface area contributed by atoms with Gasteiger partial charge < -0.3 is 15.3 Å². The van der Waals surface area contributed by atoms with Gasteiger partial charge in [-0.3, -0.25) is 4.79 Å². The van der Waals surface area contributed by atoms with Crippen LogP contribution in [-0.2, 0) is 11.2 Å². The Labute approximate surface area is 98.1 Å². The van der Waals surface area contributed by atoms with Gasteiger partial charge in [-0.15, -0.1) is 0 Å². The van der Waals surface area contributed by atoms with Gasteiger partial charge in [-0.25, -0.2) is 0 Å². The van der Waals surface area contributed by atoms with E-state index in [4.69, 9.17) is 16.7 Å². The number of rotatable bonds is 3. The van der Waals surface area contributed by atoms with Crippen molar-refractivity contribution < 1.29 is 20.1 Å². The molecule has 0 bridgehead atoms. The molecule has 0 amide bonds. The van der Waals surface area contributed by atoms with E-state index in [0.29, 0.717) is 11.1 Å². The summed E-state index contributed by atoms with van der Waals surface area (Å²) < 4.78 is 0. The van der Waals surface area contributed by atoms with E-state index < -0.39 is 11.9 Å². The summed E-state index contributed by atoms with van der Waals surface area (Å²) in [6, 6.07) is 1.54. The molecule has 4 nitrogen and oxygen atoms in total. The van der Waals surface area contributed by atoms with E-state index in [1.807, 2.05) is 0 Å². The number of benzene rings is 1. The predicted octanol–water partition coefficient (Wildman–Crippen LogP) is 2.32. The van der Waals surface area contributed by atoms with Gasteiger partial charge in [0.2, 0.25) is 0 Å². The molecule has 1 aromatic carbocycles. The van der Waals surface area contributed by atoms with Crippen LogP contribution in [0.5, 0.6) is 11.5 Å². The molecule has 0 aromatic heterocycles. The van der Waals surface area contributed by atoms with E-state index in [9.17, 15) is 15.0 Å². The van der Waals surface area contributed by atoms with Gasteiger partial charge in [0.25, 0.3) is 0 Å². The van der Waals surface area contributed by atoms with Crippen LogP contribution >= 0.6 is 11.6 Å². The number of hydrogen-bond donors (Lipinski definition) is 3. The second-order valence-electron chi connectivity index (χ2n) is 3.81. The molecule has 0 aliphatic carbocycles. The third-order valence-electron chi connectivity index (χ3n) is 2.43. The summed E-state index contributed by atoms with van der Waals surface area (Å²) in [6.07, 6.45) is 0.169. The molecule has 88 valence electrons. The third-order valence-corrected chi connectivity index (χ3v) is 2.79. The molecule has 0 spiro atoms. The molecule has 1 rings (SSSR count). The molecular weight excluding hydrogens is 232 g/mol. The molecule has 1 unspecified atom stereocenters. The van der Waals surface area contributed by atoms with E-state index in [-0.39, 0.29) is 22.9 Å². The highest BCUT2D eigenvalue weighted by Gasteiger charge is 2.18. The lowest BCUT2D eigenvalue weighted by Gasteiger charge is -2.12. The number of carbonyl (C=O) groups is 1. The summed E-state index contributed by atoms with van der Waals surface area (Å²) in [7, 11) is 0. The minimum absolute atomic E-state index is 0.132. The first-order chi connectivity index (χ1) is 7.34. The van der Waals surface area contributed by atoms with Gasteiger partial charge in [0, 0.05) is 0 Å². The smallest absolute Gasteiger partial charge is 0.306 e. The highest BCUT2D eigenvalue weighted by Crippen LogP contribution is 2.38. The third kappa shape index (κ3) is 2.39. The lowest BCUT2D eigenvalue weighted by atomic mass is 9.98. The van der Waals surface area contributed by atoms with Crippen LogP contribution in [-0.4, -0.2) is 21.3 Å². The SMILES string of the molecule is Cc1cc(CC(C)C(=O)O)c(O)c(Cl)c1O. The van der Waals surface area contributed by atoms with Crippen molar-refractivity contribution in [1.82, 2.24) is 0 Å². The highest BCUT2D eigenvalue weighted by molar-refractivity contribution is 6.33. The number of carboxylic acids is 1. The highest BCUT2D eigenvalue weighted by atomic mass is 35.5. The second kappa shape index (κ2) is 4.61. The number of halogens is 1. The zero-order valence-corrected chi connectivity index (χ0v) is 9.75. The molecule has 3 N–H and O–H groups in total. The van der Waals surface area contributed by atoms with Crippen LogP contribution in [0, 0.1) is 12.8 Å². The topological polar surface area (TPSA) is 77.8 Å². The van der Waals surface area contributed by atoms with E-state index in [2.05, 4.69) is 0 Å². The van der Waals surface area contributed by atoms with Crippen molar-refractivity contribution >= 4 is 17.6 Å². The summed E-state index contributed by atoms with van der Waals surface area (Å²) in [6.45, 7) is 3.17. The van der Waals surface area contributed by atoms with Gasteiger partial charge >= 0.3 is 5.97 Å². The molecule has 0 radical (unpaired) electrons. The van der Waals surface area contributed by atoms with E-state index >= 15 is 0 Å². The quantitative estimate of drug-likeness (QED) is 0.763. The average molecular weight is 245 g/mol. The maximum absolute atomic E-state index is 10.7. The predicted molar refractivity (Wildman–Crippen MR) is 60.0 cm³/mol. The number of carboxylic acid groups (broad SMARTS) is 1. The molecule has 5 heteroatoms. The van der Waals surface area contributed by atoms with E-state index in [0.717, 1.165) is 0 Å². The summed E-state index contributed by atoms with van der Waals surface area (Å²) in [4.78, 5) is 10.7. The van der Waals surface area contributed by atoms with Gasteiger partial charge in [0.05, 0.1) is 5.92 Å². The molecule has 0 saturated heterocycles. The molecule has 0 fully saturated rings. The maximum Gasteiger partial charge on any atom is 0.306 e. The second-order valence-corrected chi connectivity index (χ2v) is 4.19. The summed E-state index contributed by atoms with van der Waals surface area (Å²) in [5, 5.41) is 27.7. The van der Waals surface area contributed by atoms with E-state index in [1.54, 1.807) is 6.92 Å². The molecule has 16 heavy (non-hydrogen) atoms. The van der Waals surface area contributed by atoms with Crippen LogP contribution in [0.2, 0.25) is 5.02 Å². The maximum atomic E-state index is 10.7. The first kappa shape index (κ1) is 12.6. The van der Waals surface area contributed by atoms with E-state index in [1.165, 1.54) is 13.0 Å². The molecular formula is C11H13ClO4. The van der Waals surface area contributed by atoms with Gasteiger partial charge in [-0.2, -0.15) is 0 Å². The summed E-state index contributed by atoms with van der Waals surface area (Å²) in [5.41, 5.74) is 0.936. The molecule has 0 saturated carbocycles. The Kier molecular flexibility index (Phi) is 3.65. The number of phenols is 2. The fourth-order valence-electron chi connectivity index (χ4n) is 1.40. The van der Waals surface area contributed by atoms with Crippen molar-refractivity contribution in [3.05, 3.63) is 22.2 Å². The normalized spacial score (nSPS) is 12.4. The Morgan fingerprint density at radius 2 is 2.00 bits per heavy atom. The zero-order chi connectivity index (χ0) is 12.5. The first-order valence-corrected chi connectivity index (χ1v) is 5.15. The number of aryl methyl sites for hydroxylation is 1. The van der Waals surface area contributed by atoms with Crippen LogP contribution in [0.15, 0.2) is 6.07 Å². The van der Waals surface area contributed by atoms with Crippen LogP contribution in [0.4, 0.5) is 0 Å². The molecule has 1 aromatic rings. The lowest BCUT2D eigenvalue weighted by Crippen LogP contribution is -2.12. The van der Waals surface area contributed by atoms with Crippen molar-refractivity contribution in [1.29, 1.82) is 0 Å². The Morgan fingerprint density at radius 3 is 2.50 bits per heavy atom. The fourth-order valence-corrected chi connectivity index (χ4v) is 1.67. The summed E-state index contributed by atoms with van der Waals surface area (Å²) >= 11 is 5.70. The van der Waals surface area contributed by atoms with Crippen LogP contribution < -0.4 is 0 Å². The molecule has 0 aliphatic rings. The Hall–Kier alpha value is -1.42. The average Bonchev–Trinajstić information content (AvgIpc) is 2.22. The van der Waals surface area contributed by atoms with Crippen molar-refractivity contribution in [2.24, 2.45) is 5.92 Å². The van der Waals surface area contributed by atoms with Crippen LogP contribution in [0.25, 0.3) is 0 Å². The summed E-state index contributed by atoms with van der Waals surface area (Å²) in [5.74, 6) is -1.99. The van der Waals surface area contributed by atoms with Gasteiger partial charge in [-0.05, 0) is 30.5 Å². The standard InChI is InChI=1S/C11H13ClO4/c1-5-3-7(4-6(2)11(15)16)10(14)8(12)9(5)13/h3,6,13-14H,4H2,1-2H3,(H,15,16). The van der Waals surface area contributed by atoms with Gasteiger partial charge in [0.1, 0.15) is 16.5 Å². The molecule has 0 aliphatic heterocycles. The minimum atomic E-state index is -0.943. The lowest BCUT2D eigenvalue weighted by molar-refractivity contribution is -0.141. The Balaban J connectivity index is 3.11. The van der Waals surface area contributed by atoms with Crippen molar-refractivity contribution in [3.63, 3.8) is 0 Å². The van der Waals surface area contributed by atoms with Crippen molar-refractivity contribution in [3.8, 4) is 11.5 Å². The molecule has 0 heterocycles. The fraction of sp³-hybridized carbons (Fsp3) is 0.364. The number of aliphatic carboxylic acids is 1. The number of aromatic hydroxyl groups is 2. The number of phenolic OH excluding ortho intramolecular Hbond substituents is 2. The largest absolute Gasteiger partial charge is 0.506 e. The van der Waals surface area contributed by atoms with Crippen molar-refractivity contribution in [2.75, 3.05) is 0 Å². The molecule has 1 atom stereocenters. The monoisotopic (exact) mass is 244 g/mol. The minimum Gasteiger partial charge on any atom is -0.506 e. The van der Waals surface area contributed by atoms with Crippen LogP contribution in [0.1, 0.15) is 18.1 Å². The van der Waals surface area contributed by atoms with Crippen LogP contribution in [0.3, 0.4) is 0 Å². The number of hydrogen-bond acceptors (Lipinski definition) is 3.